The number of aryl methyl sites for hydroxylation is 1. The highest BCUT2D eigenvalue weighted by molar-refractivity contribution is 6.16. The van der Waals surface area contributed by atoms with Gasteiger partial charge in [0.15, 0.2) is 0 Å². The molecule has 0 amide bonds. The van der Waals surface area contributed by atoms with Gasteiger partial charge in [-0.15, -0.1) is 11.6 Å². The average Bonchev–Trinajstić information content (AvgIpc) is 2.70. The van der Waals surface area contributed by atoms with Crippen molar-refractivity contribution in [2.24, 2.45) is 0 Å². The van der Waals surface area contributed by atoms with Gasteiger partial charge in [0.1, 0.15) is 11.5 Å². The van der Waals surface area contributed by atoms with E-state index in [1.54, 1.807) is 7.11 Å². The first-order valence-electron chi connectivity index (χ1n) is 4.92. The normalized spacial score (nSPS) is 10.4. The zero-order valence-corrected chi connectivity index (χ0v) is 9.91. The Labute approximate surface area is 99.0 Å². The van der Waals surface area contributed by atoms with Crippen molar-refractivity contribution in [2.75, 3.05) is 7.11 Å². The van der Waals surface area contributed by atoms with Crippen LogP contribution in [0.15, 0.2) is 28.7 Å². The summed E-state index contributed by atoms with van der Waals surface area (Å²) in [5.74, 6) is 2.31. The zero-order valence-electron chi connectivity index (χ0n) is 9.16. The zero-order chi connectivity index (χ0) is 11.5. The second kappa shape index (κ2) is 4.58. The molecule has 0 unspecified atom stereocenters. The average molecular weight is 238 g/mol. The molecule has 0 saturated carbocycles. The monoisotopic (exact) mass is 237 g/mol. The van der Waals surface area contributed by atoms with Crippen LogP contribution in [0.2, 0.25) is 0 Å². The van der Waals surface area contributed by atoms with Crippen LogP contribution < -0.4 is 4.74 Å². The molecule has 4 heteroatoms. The number of para-hydroxylation sites is 1. The molecule has 2 rings (SSSR count). The van der Waals surface area contributed by atoms with Crippen LogP contribution in [0.25, 0.3) is 11.5 Å². The molecule has 0 fully saturated rings. The van der Waals surface area contributed by atoms with Gasteiger partial charge < -0.3 is 9.15 Å². The van der Waals surface area contributed by atoms with Crippen LogP contribution in [-0.4, -0.2) is 12.1 Å². The molecule has 0 atom stereocenters. The van der Waals surface area contributed by atoms with Gasteiger partial charge in [0, 0.05) is 0 Å². The van der Waals surface area contributed by atoms with E-state index in [4.69, 9.17) is 20.8 Å². The van der Waals surface area contributed by atoms with E-state index in [0.29, 0.717) is 17.5 Å². The molecule has 0 saturated heterocycles. The molecule has 84 valence electrons. The molecule has 0 aliphatic rings. The largest absolute Gasteiger partial charge is 0.496 e. The number of oxazole rings is 1. The van der Waals surface area contributed by atoms with Crippen molar-refractivity contribution in [3.05, 3.63) is 35.7 Å². The van der Waals surface area contributed by atoms with E-state index in [9.17, 15) is 0 Å². The minimum absolute atomic E-state index is 0.327. The summed E-state index contributed by atoms with van der Waals surface area (Å²) in [6.07, 6.45) is 0. The Kier molecular flexibility index (Phi) is 3.15. The van der Waals surface area contributed by atoms with E-state index in [2.05, 4.69) is 4.98 Å². The van der Waals surface area contributed by atoms with Crippen LogP contribution in [0.3, 0.4) is 0 Å². The van der Waals surface area contributed by atoms with E-state index in [-0.39, 0.29) is 0 Å². The number of hydrogen-bond donors (Lipinski definition) is 0. The Morgan fingerprint density at radius 1 is 1.38 bits per heavy atom. The number of rotatable bonds is 3. The van der Waals surface area contributed by atoms with Crippen molar-refractivity contribution in [3.63, 3.8) is 0 Å². The fourth-order valence-corrected chi connectivity index (χ4v) is 1.74. The third-order valence-electron chi connectivity index (χ3n) is 2.35. The third kappa shape index (κ3) is 1.91. The maximum Gasteiger partial charge on any atom is 0.230 e. The van der Waals surface area contributed by atoms with Crippen LogP contribution in [0.1, 0.15) is 11.5 Å². The smallest absolute Gasteiger partial charge is 0.230 e. The van der Waals surface area contributed by atoms with Gasteiger partial charge in [0.2, 0.25) is 5.89 Å². The molecular formula is C12H12ClNO2. The fourth-order valence-electron chi connectivity index (χ4n) is 1.49. The Bertz CT molecular complexity index is 494. The number of benzene rings is 1. The minimum atomic E-state index is 0.327. The molecule has 0 N–H and O–H groups in total. The number of ether oxygens (including phenoxy) is 1. The van der Waals surface area contributed by atoms with E-state index >= 15 is 0 Å². The van der Waals surface area contributed by atoms with Gasteiger partial charge in [0.25, 0.3) is 0 Å². The number of nitrogens with zero attached hydrogens (tertiary/aromatic N) is 1. The van der Waals surface area contributed by atoms with E-state index < -0.39 is 0 Å². The van der Waals surface area contributed by atoms with Crippen LogP contribution in [0.5, 0.6) is 5.75 Å². The molecule has 1 aromatic carbocycles. The van der Waals surface area contributed by atoms with E-state index in [1.165, 1.54) is 0 Å². The molecule has 0 spiro atoms. The Hall–Kier alpha value is -1.48. The summed E-state index contributed by atoms with van der Waals surface area (Å²) in [7, 11) is 1.62. The van der Waals surface area contributed by atoms with E-state index in [0.717, 1.165) is 17.0 Å². The lowest BCUT2D eigenvalue weighted by Gasteiger charge is -2.03. The highest BCUT2D eigenvalue weighted by Gasteiger charge is 2.13. The van der Waals surface area contributed by atoms with Crippen LogP contribution in [-0.2, 0) is 5.88 Å². The van der Waals surface area contributed by atoms with Crippen molar-refractivity contribution in [1.82, 2.24) is 4.98 Å². The number of methoxy groups -OCH3 is 1. The number of halogens is 1. The first kappa shape index (κ1) is 11.0. The molecule has 2 aromatic rings. The first-order valence-corrected chi connectivity index (χ1v) is 5.45. The van der Waals surface area contributed by atoms with Crippen molar-refractivity contribution in [2.45, 2.75) is 12.8 Å². The molecule has 16 heavy (non-hydrogen) atoms. The predicted molar refractivity (Wildman–Crippen MR) is 62.8 cm³/mol. The maximum absolute atomic E-state index is 5.74. The van der Waals surface area contributed by atoms with Gasteiger partial charge >= 0.3 is 0 Å². The Morgan fingerprint density at radius 2 is 2.12 bits per heavy atom. The summed E-state index contributed by atoms with van der Waals surface area (Å²) >= 11 is 5.74. The van der Waals surface area contributed by atoms with Gasteiger partial charge in [-0.1, -0.05) is 12.1 Å². The summed E-state index contributed by atoms with van der Waals surface area (Å²) in [6, 6.07) is 7.59. The highest BCUT2D eigenvalue weighted by Crippen LogP contribution is 2.30. The fraction of sp³-hybridized carbons (Fsp3) is 0.250. The Balaban J connectivity index is 2.49. The predicted octanol–water partition coefficient (Wildman–Crippen LogP) is 3.40. The summed E-state index contributed by atoms with van der Waals surface area (Å²) in [5.41, 5.74) is 1.65. The van der Waals surface area contributed by atoms with Crippen molar-refractivity contribution < 1.29 is 9.15 Å². The summed E-state index contributed by atoms with van der Waals surface area (Å²) in [6.45, 7) is 1.88. The van der Waals surface area contributed by atoms with Crippen molar-refractivity contribution >= 4 is 11.6 Å². The van der Waals surface area contributed by atoms with Crippen molar-refractivity contribution in [1.29, 1.82) is 0 Å². The topological polar surface area (TPSA) is 35.3 Å². The molecule has 3 nitrogen and oxygen atoms in total. The lowest BCUT2D eigenvalue weighted by molar-refractivity contribution is 0.414. The van der Waals surface area contributed by atoms with Crippen LogP contribution >= 0.6 is 11.6 Å². The van der Waals surface area contributed by atoms with Gasteiger partial charge in [-0.05, 0) is 19.1 Å². The SMILES string of the molecule is COc1ccccc1-c1nc(C)c(CCl)o1. The number of alkyl halides is 1. The highest BCUT2D eigenvalue weighted by atomic mass is 35.5. The van der Waals surface area contributed by atoms with E-state index in [1.807, 2.05) is 31.2 Å². The molecular weight excluding hydrogens is 226 g/mol. The second-order valence-electron chi connectivity index (χ2n) is 3.36. The standard InChI is InChI=1S/C12H12ClNO2/c1-8-11(7-13)16-12(14-8)9-5-3-4-6-10(9)15-2/h3-6H,7H2,1-2H3. The molecule has 0 aliphatic carbocycles. The van der Waals surface area contributed by atoms with Crippen molar-refractivity contribution in [3.8, 4) is 17.2 Å². The number of aromatic nitrogens is 1. The van der Waals surface area contributed by atoms with Gasteiger partial charge in [0.05, 0.1) is 24.2 Å². The van der Waals surface area contributed by atoms with Gasteiger partial charge in [-0.25, -0.2) is 4.98 Å². The molecule has 0 radical (unpaired) electrons. The second-order valence-corrected chi connectivity index (χ2v) is 3.63. The molecule has 0 bridgehead atoms. The molecule has 1 aromatic heterocycles. The lowest BCUT2D eigenvalue weighted by Crippen LogP contribution is -1.87. The summed E-state index contributed by atoms with van der Waals surface area (Å²) < 4.78 is 10.8. The quantitative estimate of drug-likeness (QED) is 0.768. The molecule has 0 aliphatic heterocycles. The maximum atomic E-state index is 5.74. The van der Waals surface area contributed by atoms with Crippen LogP contribution in [0.4, 0.5) is 0 Å². The minimum Gasteiger partial charge on any atom is -0.496 e. The van der Waals surface area contributed by atoms with Gasteiger partial charge in [-0.3, -0.25) is 0 Å². The van der Waals surface area contributed by atoms with Crippen LogP contribution in [0, 0.1) is 6.92 Å². The molecule has 1 heterocycles. The first-order chi connectivity index (χ1) is 7.76. The third-order valence-corrected chi connectivity index (χ3v) is 2.59. The van der Waals surface area contributed by atoms with Gasteiger partial charge in [-0.2, -0.15) is 0 Å². The summed E-state index contributed by atoms with van der Waals surface area (Å²) in [5, 5.41) is 0. The lowest BCUT2D eigenvalue weighted by atomic mass is 10.2. The summed E-state index contributed by atoms with van der Waals surface area (Å²) in [4.78, 5) is 4.33. The number of hydrogen-bond acceptors (Lipinski definition) is 3. The Morgan fingerprint density at radius 3 is 2.75 bits per heavy atom.